The zero-order valence-electron chi connectivity index (χ0n) is 18.1. The zero-order chi connectivity index (χ0) is 20.3. The molecule has 0 aromatic carbocycles. The molecule has 1 aromatic rings. The number of likely N-dealkylation sites (tertiary alicyclic amines) is 1. The van der Waals surface area contributed by atoms with E-state index in [9.17, 15) is 4.79 Å². The molecule has 0 spiro atoms. The van der Waals surface area contributed by atoms with Crippen molar-refractivity contribution in [1.29, 1.82) is 0 Å². The second-order valence-corrected chi connectivity index (χ2v) is 9.73. The molecule has 0 bridgehead atoms. The maximum absolute atomic E-state index is 12.9. The van der Waals surface area contributed by atoms with Crippen molar-refractivity contribution >= 4 is 11.9 Å². The quantitative estimate of drug-likeness (QED) is 0.774. The summed E-state index contributed by atoms with van der Waals surface area (Å²) in [5, 5.41) is 0. The summed E-state index contributed by atoms with van der Waals surface area (Å²) in [5.74, 6) is 2.68. The molecule has 1 aliphatic carbocycles. The molecule has 4 aliphatic rings. The third kappa shape index (κ3) is 4.33. The summed E-state index contributed by atoms with van der Waals surface area (Å²) in [7, 11) is 0. The van der Waals surface area contributed by atoms with Gasteiger partial charge in [0.1, 0.15) is 0 Å². The lowest BCUT2D eigenvalue weighted by atomic mass is 9.82. The highest BCUT2D eigenvalue weighted by Gasteiger charge is 2.38. The monoisotopic (exact) mass is 412 g/mol. The number of carbonyl (C=O) groups is 1. The van der Waals surface area contributed by atoms with Gasteiger partial charge in [0.05, 0.1) is 5.69 Å². The third-order valence-electron chi connectivity index (χ3n) is 7.71. The molecule has 3 saturated heterocycles. The number of rotatable bonds is 5. The van der Waals surface area contributed by atoms with Gasteiger partial charge in [0.2, 0.25) is 11.9 Å². The molecule has 7 nitrogen and oxygen atoms in total. The van der Waals surface area contributed by atoms with E-state index >= 15 is 0 Å². The molecule has 7 heteroatoms. The van der Waals surface area contributed by atoms with Crippen molar-refractivity contribution in [3.63, 3.8) is 0 Å². The Bertz CT molecular complexity index is 730. The fourth-order valence-electron chi connectivity index (χ4n) is 6.01. The SMILES string of the molecule is O=C(CC1CCCC1)N1CCCC(C2NNCC2c2ccnc(N3CCCC3)n2)C1. The van der Waals surface area contributed by atoms with Crippen LogP contribution in [0.25, 0.3) is 0 Å². The Labute approximate surface area is 180 Å². The van der Waals surface area contributed by atoms with E-state index in [4.69, 9.17) is 4.98 Å². The molecule has 5 rings (SSSR count). The van der Waals surface area contributed by atoms with Gasteiger partial charge >= 0.3 is 0 Å². The van der Waals surface area contributed by atoms with Crippen LogP contribution in [-0.2, 0) is 4.79 Å². The molecule has 164 valence electrons. The van der Waals surface area contributed by atoms with Crippen LogP contribution in [0.3, 0.4) is 0 Å². The van der Waals surface area contributed by atoms with E-state index in [2.05, 4.69) is 31.7 Å². The first-order chi connectivity index (χ1) is 14.8. The Morgan fingerprint density at radius 3 is 2.73 bits per heavy atom. The lowest BCUT2D eigenvalue weighted by Gasteiger charge is -2.37. The predicted octanol–water partition coefficient (Wildman–Crippen LogP) is 2.46. The maximum Gasteiger partial charge on any atom is 0.225 e. The summed E-state index contributed by atoms with van der Waals surface area (Å²) in [6.45, 7) is 4.82. The van der Waals surface area contributed by atoms with Crippen LogP contribution in [-0.4, -0.2) is 59.5 Å². The van der Waals surface area contributed by atoms with Crippen molar-refractivity contribution in [1.82, 2.24) is 25.7 Å². The topological polar surface area (TPSA) is 73.4 Å². The van der Waals surface area contributed by atoms with Crippen LogP contribution in [0.4, 0.5) is 5.95 Å². The Morgan fingerprint density at radius 2 is 1.90 bits per heavy atom. The van der Waals surface area contributed by atoms with E-state index in [1.807, 2.05) is 6.20 Å². The smallest absolute Gasteiger partial charge is 0.225 e. The summed E-state index contributed by atoms with van der Waals surface area (Å²) in [6, 6.07) is 2.39. The highest BCUT2D eigenvalue weighted by Crippen LogP contribution is 2.33. The summed E-state index contributed by atoms with van der Waals surface area (Å²) < 4.78 is 0. The van der Waals surface area contributed by atoms with Crippen LogP contribution >= 0.6 is 0 Å². The third-order valence-corrected chi connectivity index (χ3v) is 7.71. The van der Waals surface area contributed by atoms with E-state index in [0.29, 0.717) is 29.7 Å². The minimum atomic E-state index is 0.313. The minimum absolute atomic E-state index is 0.313. The average Bonchev–Trinajstić information content (AvgIpc) is 3.56. The number of hydrogen-bond acceptors (Lipinski definition) is 6. The molecule has 1 saturated carbocycles. The van der Waals surface area contributed by atoms with Crippen molar-refractivity contribution < 1.29 is 4.79 Å². The molecule has 2 N–H and O–H groups in total. The number of carbonyl (C=O) groups excluding carboxylic acids is 1. The number of nitrogens with zero attached hydrogens (tertiary/aromatic N) is 4. The van der Waals surface area contributed by atoms with Gasteiger partial charge in [0.15, 0.2) is 0 Å². The number of aromatic nitrogens is 2. The first-order valence-electron chi connectivity index (χ1n) is 12.1. The van der Waals surface area contributed by atoms with Crippen LogP contribution in [0, 0.1) is 11.8 Å². The molecule has 3 aliphatic heterocycles. The highest BCUT2D eigenvalue weighted by molar-refractivity contribution is 5.76. The number of amides is 1. The molecule has 3 atom stereocenters. The molecule has 30 heavy (non-hydrogen) atoms. The molecule has 0 radical (unpaired) electrons. The van der Waals surface area contributed by atoms with Crippen LogP contribution in [0.1, 0.15) is 69.4 Å². The van der Waals surface area contributed by atoms with Crippen molar-refractivity contribution in [2.45, 2.75) is 69.7 Å². The normalized spacial score (nSPS) is 30.3. The number of hydrazine groups is 1. The lowest BCUT2D eigenvalue weighted by molar-refractivity contribution is -0.134. The second-order valence-electron chi connectivity index (χ2n) is 9.73. The van der Waals surface area contributed by atoms with Gasteiger partial charge in [0.25, 0.3) is 0 Å². The minimum Gasteiger partial charge on any atom is -0.342 e. The summed E-state index contributed by atoms with van der Waals surface area (Å²) in [5.41, 5.74) is 8.05. The number of piperidine rings is 1. The van der Waals surface area contributed by atoms with Gasteiger partial charge in [-0.2, -0.15) is 0 Å². The highest BCUT2D eigenvalue weighted by atomic mass is 16.2. The van der Waals surface area contributed by atoms with Crippen molar-refractivity contribution in [2.24, 2.45) is 11.8 Å². The number of anilines is 1. The van der Waals surface area contributed by atoms with Gasteiger partial charge in [-0.25, -0.2) is 9.97 Å². The van der Waals surface area contributed by atoms with E-state index in [0.717, 1.165) is 57.2 Å². The summed E-state index contributed by atoms with van der Waals surface area (Å²) >= 11 is 0. The second kappa shape index (κ2) is 9.18. The molecule has 4 fully saturated rings. The standard InChI is InChI=1S/C23H36N6O/c30-21(14-17-6-1-2-7-17)29-13-5-8-18(16-29)22-19(15-25-27-22)20-9-10-24-23(26-20)28-11-3-4-12-28/h9-10,17-19,22,25,27H,1-8,11-16H2. The fourth-order valence-corrected chi connectivity index (χ4v) is 6.01. The van der Waals surface area contributed by atoms with Crippen LogP contribution in [0.15, 0.2) is 12.3 Å². The average molecular weight is 413 g/mol. The maximum atomic E-state index is 12.9. The Kier molecular flexibility index (Phi) is 6.18. The number of nitrogens with one attached hydrogen (secondary N) is 2. The van der Waals surface area contributed by atoms with Gasteiger partial charge in [-0.3, -0.25) is 15.6 Å². The Hall–Kier alpha value is -1.73. The van der Waals surface area contributed by atoms with Gasteiger partial charge in [-0.1, -0.05) is 12.8 Å². The molecular formula is C23H36N6O. The van der Waals surface area contributed by atoms with Gasteiger partial charge in [-0.15, -0.1) is 0 Å². The molecular weight excluding hydrogens is 376 g/mol. The van der Waals surface area contributed by atoms with Crippen LogP contribution in [0.2, 0.25) is 0 Å². The molecule has 1 amide bonds. The van der Waals surface area contributed by atoms with Gasteiger partial charge in [-0.05, 0) is 56.4 Å². The van der Waals surface area contributed by atoms with Crippen LogP contribution < -0.4 is 15.8 Å². The van der Waals surface area contributed by atoms with E-state index in [1.165, 1.54) is 44.9 Å². The van der Waals surface area contributed by atoms with Gasteiger partial charge in [0, 0.05) is 57.3 Å². The summed E-state index contributed by atoms with van der Waals surface area (Å²) in [4.78, 5) is 26.9. The van der Waals surface area contributed by atoms with Crippen LogP contribution in [0.5, 0.6) is 0 Å². The largest absolute Gasteiger partial charge is 0.342 e. The van der Waals surface area contributed by atoms with Crippen molar-refractivity contribution in [2.75, 3.05) is 37.6 Å². The molecule has 3 unspecified atom stereocenters. The van der Waals surface area contributed by atoms with E-state index in [1.54, 1.807) is 0 Å². The van der Waals surface area contributed by atoms with Crippen molar-refractivity contribution in [3.05, 3.63) is 18.0 Å². The van der Waals surface area contributed by atoms with Gasteiger partial charge < -0.3 is 9.80 Å². The zero-order valence-corrected chi connectivity index (χ0v) is 18.1. The van der Waals surface area contributed by atoms with E-state index < -0.39 is 0 Å². The summed E-state index contributed by atoms with van der Waals surface area (Å²) in [6.07, 6.45) is 12.5. The lowest BCUT2D eigenvalue weighted by Crippen LogP contribution is -2.48. The van der Waals surface area contributed by atoms with E-state index in [-0.39, 0.29) is 0 Å². The molecule has 4 heterocycles. The molecule has 1 aromatic heterocycles. The first-order valence-corrected chi connectivity index (χ1v) is 12.1. The number of hydrogen-bond donors (Lipinski definition) is 2. The first kappa shape index (κ1) is 20.2. The fraction of sp³-hybridized carbons (Fsp3) is 0.783. The Morgan fingerprint density at radius 1 is 1.07 bits per heavy atom. The Balaban J connectivity index is 1.25. The predicted molar refractivity (Wildman–Crippen MR) is 117 cm³/mol. The van der Waals surface area contributed by atoms with Crippen molar-refractivity contribution in [3.8, 4) is 0 Å².